The van der Waals surface area contributed by atoms with Crippen molar-refractivity contribution in [1.29, 1.82) is 0 Å². The number of nitrogens with zero attached hydrogens (tertiary/aromatic N) is 1. The number of nitrogens with one attached hydrogen (secondary N) is 1. The molecule has 3 aliphatic rings. The molecule has 0 unspecified atom stereocenters. The van der Waals surface area contributed by atoms with Crippen LogP contribution >= 0.6 is 15.9 Å². The van der Waals surface area contributed by atoms with Crippen molar-refractivity contribution in [2.24, 2.45) is 5.92 Å². The zero-order valence-electron chi connectivity index (χ0n) is 19.9. The number of amides is 1. The van der Waals surface area contributed by atoms with E-state index in [1.807, 2.05) is 4.90 Å². The first kappa shape index (κ1) is 24.8. The highest BCUT2D eigenvalue weighted by atomic mass is 79.9. The molecule has 8 heteroatoms. The van der Waals surface area contributed by atoms with Crippen LogP contribution < -0.4 is 5.32 Å². The average Bonchev–Trinajstić information content (AvgIpc) is 3.64. The highest BCUT2D eigenvalue weighted by molar-refractivity contribution is 9.10. The second kappa shape index (κ2) is 9.88. The van der Waals surface area contributed by atoms with Crippen LogP contribution in [-0.2, 0) is 34.7 Å². The van der Waals surface area contributed by atoms with E-state index >= 15 is 0 Å². The molecule has 1 saturated carbocycles. The van der Waals surface area contributed by atoms with Crippen molar-refractivity contribution in [3.05, 3.63) is 68.2 Å². The van der Waals surface area contributed by atoms with Crippen LogP contribution in [-0.4, -0.2) is 41.7 Å². The van der Waals surface area contributed by atoms with E-state index < -0.39 is 23.2 Å². The van der Waals surface area contributed by atoms with E-state index in [2.05, 4.69) is 40.3 Å². The molecule has 2 aliphatic heterocycles. The number of carbonyl (C=O) groups excluding carboxylic acids is 1. The molecule has 1 aliphatic carbocycles. The third-order valence-corrected chi connectivity index (χ3v) is 8.53. The van der Waals surface area contributed by atoms with Crippen molar-refractivity contribution < 1.29 is 23.4 Å². The largest absolute Gasteiger partial charge is 0.396 e. The van der Waals surface area contributed by atoms with Crippen molar-refractivity contribution in [3.63, 3.8) is 0 Å². The number of hydrogen-bond acceptors (Lipinski definition) is 4. The summed E-state index contributed by atoms with van der Waals surface area (Å²) < 4.78 is 35.4. The molecule has 35 heavy (non-hydrogen) atoms. The van der Waals surface area contributed by atoms with Crippen LogP contribution in [0, 0.1) is 24.5 Å². The second-order valence-electron chi connectivity index (χ2n) is 9.99. The van der Waals surface area contributed by atoms with Gasteiger partial charge in [-0.1, -0.05) is 22.0 Å². The van der Waals surface area contributed by atoms with Gasteiger partial charge >= 0.3 is 0 Å². The summed E-state index contributed by atoms with van der Waals surface area (Å²) in [6.45, 7) is 3.92. The summed E-state index contributed by atoms with van der Waals surface area (Å²) in [4.78, 5) is 16.1. The first-order valence-corrected chi connectivity index (χ1v) is 13.2. The number of aliphatic hydroxyl groups excluding tert-OH is 1. The van der Waals surface area contributed by atoms with E-state index in [-0.39, 0.29) is 25.2 Å². The summed E-state index contributed by atoms with van der Waals surface area (Å²) in [6, 6.07) is 6.81. The molecular weight excluding hydrogens is 518 g/mol. The minimum atomic E-state index is -0.945. The zero-order valence-corrected chi connectivity index (χ0v) is 21.5. The van der Waals surface area contributed by atoms with Crippen molar-refractivity contribution in [2.45, 2.75) is 63.8 Å². The van der Waals surface area contributed by atoms with Crippen LogP contribution in [0.15, 0.2) is 28.7 Å². The number of carbonyl (C=O) groups is 1. The van der Waals surface area contributed by atoms with Crippen LogP contribution in [0.2, 0.25) is 0 Å². The van der Waals surface area contributed by atoms with E-state index in [1.165, 1.54) is 12.1 Å². The molecule has 0 aromatic heterocycles. The molecule has 2 fully saturated rings. The molecule has 5 nitrogen and oxygen atoms in total. The van der Waals surface area contributed by atoms with Gasteiger partial charge in [-0.3, -0.25) is 4.79 Å². The molecule has 2 aromatic rings. The molecule has 0 radical (unpaired) electrons. The molecule has 1 spiro atoms. The Labute approximate surface area is 213 Å². The number of piperidine rings is 1. The lowest BCUT2D eigenvalue weighted by Gasteiger charge is -2.43. The number of halogens is 3. The summed E-state index contributed by atoms with van der Waals surface area (Å²) in [5.74, 6) is -2.32. The van der Waals surface area contributed by atoms with E-state index in [0.29, 0.717) is 43.6 Å². The van der Waals surface area contributed by atoms with Crippen molar-refractivity contribution >= 4 is 21.8 Å². The molecule has 2 atom stereocenters. The molecule has 1 amide bonds. The number of aliphatic hydroxyl groups is 1. The first-order valence-electron chi connectivity index (χ1n) is 12.4. The van der Waals surface area contributed by atoms with Gasteiger partial charge in [0, 0.05) is 30.2 Å². The summed E-state index contributed by atoms with van der Waals surface area (Å²) in [6.07, 6.45) is 3.91. The summed E-state index contributed by atoms with van der Waals surface area (Å²) in [5.41, 5.74) is 3.63. The lowest BCUT2D eigenvalue weighted by Crippen LogP contribution is -2.55. The average molecular weight is 549 g/mol. The van der Waals surface area contributed by atoms with Gasteiger partial charge in [0.1, 0.15) is 5.60 Å². The third-order valence-electron chi connectivity index (χ3n) is 7.71. The lowest BCUT2D eigenvalue weighted by atomic mass is 9.75. The Morgan fingerprint density at radius 2 is 2.03 bits per heavy atom. The lowest BCUT2D eigenvalue weighted by molar-refractivity contribution is -0.157. The highest BCUT2D eigenvalue weighted by Crippen LogP contribution is 2.48. The predicted octanol–water partition coefficient (Wildman–Crippen LogP) is 4.49. The van der Waals surface area contributed by atoms with Gasteiger partial charge in [-0.15, -0.1) is 0 Å². The molecule has 188 valence electrons. The molecule has 0 bridgehead atoms. The number of ether oxygens (including phenoxy) is 1. The van der Waals surface area contributed by atoms with Gasteiger partial charge in [0.15, 0.2) is 11.6 Å². The van der Waals surface area contributed by atoms with Crippen LogP contribution in [0.1, 0.15) is 53.5 Å². The Bertz CT molecular complexity index is 1140. The highest BCUT2D eigenvalue weighted by Gasteiger charge is 2.53. The fourth-order valence-electron chi connectivity index (χ4n) is 5.62. The fraction of sp³-hybridized carbons (Fsp3) is 0.519. The summed E-state index contributed by atoms with van der Waals surface area (Å²) in [7, 11) is 0. The van der Waals surface area contributed by atoms with Gasteiger partial charge in [0.05, 0.1) is 12.5 Å². The Morgan fingerprint density at radius 1 is 1.26 bits per heavy atom. The van der Waals surface area contributed by atoms with Gasteiger partial charge in [-0.25, -0.2) is 8.78 Å². The summed E-state index contributed by atoms with van der Waals surface area (Å²) >= 11 is 3.66. The maximum absolute atomic E-state index is 14.3. The van der Waals surface area contributed by atoms with Gasteiger partial charge in [-0.2, -0.15) is 0 Å². The SMILES string of the molecule is Cc1c(Br)cc(CN(C(=O)[C@H]2CNCC[C@@]23OCc2cc(F)c(F)cc23)C2CC2)cc1CCCO. The Hall–Kier alpha value is -1.87. The maximum atomic E-state index is 14.3. The third kappa shape index (κ3) is 4.66. The quantitative estimate of drug-likeness (QED) is 0.535. The summed E-state index contributed by atoms with van der Waals surface area (Å²) in [5, 5.41) is 12.6. The number of rotatable bonds is 7. The first-order chi connectivity index (χ1) is 16.8. The zero-order chi connectivity index (χ0) is 24.7. The monoisotopic (exact) mass is 548 g/mol. The molecule has 2 heterocycles. The topological polar surface area (TPSA) is 61.8 Å². The van der Waals surface area contributed by atoms with Crippen molar-refractivity contribution in [3.8, 4) is 0 Å². The van der Waals surface area contributed by atoms with Crippen LogP contribution in [0.5, 0.6) is 0 Å². The second-order valence-corrected chi connectivity index (χ2v) is 10.8. The van der Waals surface area contributed by atoms with E-state index in [1.54, 1.807) is 0 Å². The van der Waals surface area contributed by atoms with Gasteiger partial charge < -0.3 is 20.1 Å². The number of benzene rings is 2. The smallest absolute Gasteiger partial charge is 0.230 e. The standard InChI is InChI=1S/C27H31BrF2N2O3/c1-16-18(3-2-8-33)9-17(10-23(16)28)14-32(20-4-5-20)26(34)22-13-31-7-6-27(22)21-12-25(30)24(29)11-19(21)15-35-27/h9-12,20,22,31,33H,2-8,13-15H2,1H3/t22-,27+/m1/s1. The molecule has 2 N–H and O–H groups in total. The van der Waals surface area contributed by atoms with Crippen molar-refractivity contribution in [1.82, 2.24) is 10.2 Å². The minimum Gasteiger partial charge on any atom is -0.396 e. The van der Waals surface area contributed by atoms with Gasteiger partial charge in [0.25, 0.3) is 0 Å². The molecular formula is C27H31BrF2N2O3. The Morgan fingerprint density at radius 3 is 2.77 bits per heavy atom. The Kier molecular flexibility index (Phi) is 7.00. The van der Waals surface area contributed by atoms with Crippen LogP contribution in [0.25, 0.3) is 0 Å². The van der Waals surface area contributed by atoms with E-state index in [0.717, 1.165) is 40.4 Å². The fourth-order valence-corrected chi connectivity index (χ4v) is 6.16. The predicted molar refractivity (Wildman–Crippen MR) is 132 cm³/mol. The van der Waals surface area contributed by atoms with E-state index in [9.17, 15) is 18.7 Å². The Balaban J connectivity index is 1.46. The number of hydrogen-bond donors (Lipinski definition) is 2. The normalized spacial score (nSPS) is 23.5. The molecule has 1 saturated heterocycles. The molecule has 5 rings (SSSR count). The maximum Gasteiger partial charge on any atom is 0.230 e. The minimum absolute atomic E-state index is 0.00844. The van der Waals surface area contributed by atoms with E-state index in [4.69, 9.17) is 4.74 Å². The van der Waals surface area contributed by atoms with Crippen LogP contribution in [0.3, 0.4) is 0 Å². The van der Waals surface area contributed by atoms with Gasteiger partial charge in [0.2, 0.25) is 5.91 Å². The molecule has 2 aromatic carbocycles. The van der Waals surface area contributed by atoms with Gasteiger partial charge in [-0.05, 0) is 91.6 Å². The number of fused-ring (bicyclic) bond motifs is 2. The van der Waals surface area contributed by atoms with Crippen molar-refractivity contribution in [2.75, 3.05) is 19.7 Å². The number of aryl methyl sites for hydroxylation is 1. The van der Waals surface area contributed by atoms with Crippen LogP contribution in [0.4, 0.5) is 8.78 Å².